The maximum Gasteiger partial charge on any atom is 0.315 e. The quantitative estimate of drug-likeness (QED) is 0.742. The Bertz CT molecular complexity index is 510. The van der Waals surface area contributed by atoms with Crippen LogP contribution in [0.5, 0.6) is 0 Å². The molecule has 3 N–H and O–H groups in total. The van der Waals surface area contributed by atoms with E-state index in [4.69, 9.17) is 5.11 Å². The molecule has 1 aliphatic carbocycles. The first-order valence-electron chi connectivity index (χ1n) is 6.79. The van der Waals surface area contributed by atoms with Crippen LogP contribution < -0.4 is 10.6 Å². The molecule has 0 aliphatic heterocycles. The van der Waals surface area contributed by atoms with Crippen molar-refractivity contribution in [2.45, 2.75) is 32.7 Å². The van der Waals surface area contributed by atoms with Gasteiger partial charge in [0.1, 0.15) is 0 Å². The van der Waals surface area contributed by atoms with Crippen LogP contribution in [0.3, 0.4) is 0 Å². The van der Waals surface area contributed by atoms with Gasteiger partial charge in [0.05, 0.1) is 6.42 Å². The average molecular weight is 276 g/mol. The minimum atomic E-state index is -0.872. The summed E-state index contributed by atoms with van der Waals surface area (Å²) in [7, 11) is 0. The van der Waals surface area contributed by atoms with Crippen molar-refractivity contribution in [2.75, 3.05) is 6.54 Å². The van der Waals surface area contributed by atoms with E-state index in [9.17, 15) is 9.59 Å². The van der Waals surface area contributed by atoms with E-state index in [1.165, 1.54) is 0 Å². The smallest absolute Gasteiger partial charge is 0.315 e. The van der Waals surface area contributed by atoms with Crippen LogP contribution in [0.15, 0.2) is 24.3 Å². The molecule has 0 bridgehead atoms. The molecule has 5 nitrogen and oxygen atoms in total. The van der Waals surface area contributed by atoms with Gasteiger partial charge in [0.25, 0.3) is 0 Å². The summed E-state index contributed by atoms with van der Waals surface area (Å²) in [6.07, 6.45) is 2.29. The summed E-state index contributed by atoms with van der Waals surface area (Å²) in [5.74, 6) is -0.872. The zero-order valence-electron chi connectivity index (χ0n) is 11.6. The second-order valence-corrected chi connectivity index (χ2v) is 5.69. The van der Waals surface area contributed by atoms with Crippen LogP contribution in [0.1, 0.15) is 30.9 Å². The number of rotatable bonds is 6. The maximum absolute atomic E-state index is 11.7. The van der Waals surface area contributed by atoms with Gasteiger partial charge in [-0.1, -0.05) is 31.2 Å². The predicted octanol–water partition coefficient (Wildman–Crippen LogP) is 1.91. The molecule has 108 valence electrons. The van der Waals surface area contributed by atoms with E-state index in [-0.39, 0.29) is 17.9 Å². The fraction of sp³-hybridized carbons (Fsp3) is 0.467. The third-order valence-electron chi connectivity index (χ3n) is 3.68. The highest BCUT2D eigenvalue weighted by Gasteiger charge is 2.37. The summed E-state index contributed by atoms with van der Waals surface area (Å²) in [5, 5.41) is 14.5. The highest BCUT2D eigenvalue weighted by atomic mass is 16.4. The lowest BCUT2D eigenvalue weighted by atomic mass is 10.0. The number of carbonyl (C=O) groups is 2. The van der Waals surface area contributed by atoms with Gasteiger partial charge in [-0.15, -0.1) is 0 Å². The van der Waals surface area contributed by atoms with Gasteiger partial charge in [0.15, 0.2) is 0 Å². The van der Waals surface area contributed by atoms with Crippen molar-refractivity contribution in [1.82, 2.24) is 10.6 Å². The van der Waals surface area contributed by atoms with E-state index in [0.717, 1.165) is 24.0 Å². The predicted molar refractivity (Wildman–Crippen MR) is 75.4 cm³/mol. The fourth-order valence-electron chi connectivity index (χ4n) is 1.99. The number of hydrogen-bond donors (Lipinski definition) is 3. The van der Waals surface area contributed by atoms with Gasteiger partial charge in [0, 0.05) is 13.1 Å². The number of carboxylic acid groups (broad SMARTS) is 1. The molecule has 0 unspecified atom stereocenters. The van der Waals surface area contributed by atoms with Crippen LogP contribution in [-0.4, -0.2) is 23.7 Å². The Kier molecular flexibility index (Phi) is 4.27. The van der Waals surface area contributed by atoms with Gasteiger partial charge in [-0.3, -0.25) is 4.79 Å². The van der Waals surface area contributed by atoms with Crippen molar-refractivity contribution in [3.8, 4) is 0 Å². The standard InChI is InChI=1S/C15H20N2O3/c1-15(6-7-15)10-17-14(20)16-9-12-5-3-2-4-11(12)8-13(18)19/h2-5H,6-10H2,1H3,(H,18,19)(H2,16,17,20). The van der Waals surface area contributed by atoms with E-state index in [1.54, 1.807) is 12.1 Å². The first-order valence-corrected chi connectivity index (χ1v) is 6.79. The van der Waals surface area contributed by atoms with Crippen molar-refractivity contribution in [3.63, 3.8) is 0 Å². The van der Waals surface area contributed by atoms with E-state index in [0.29, 0.717) is 13.1 Å². The number of hydrogen-bond acceptors (Lipinski definition) is 2. The number of nitrogens with one attached hydrogen (secondary N) is 2. The molecule has 1 aliphatic rings. The molecular formula is C15H20N2O3. The number of carbonyl (C=O) groups excluding carboxylic acids is 1. The highest BCUT2D eigenvalue weighted by molar-refractivity contribution is 5.74. The molecule has 1 saturated carbocycles. The Morgan fingerprint density at radius 2 is 1.85 bits per heavy atom. The van der Waals surface area contributed by atoms with Gasteiger partial charge >= 0.3 is 12.0 Å². The van der Waals surface area contributed by atoms with Crippen molar-refractivity contribution in [2.24, 2.45) is 5.41 Å². The lowest BCUT2D eigenvalue weighted by Crippen LogP contribution is -2.38. The Labute approximate surface area is 118 Å². The molecule has 1 aromatic carbocycles. The molecule has 0 aromatic heterocycles. The monoisotopic (exact) mass is 276 g/mol. The van der Waals surface area contributed by atoms with Crippen LogP contribution in [-0.2, 0) is 17.8 Å². The van der Waals surface area contributed by atoms with Crippen molar-refractivity contribution in [3.05, 3.63) is 35.4 Å². The molecule has 0 saturated heterocycles. The molecule has 5 heteroatoms. The summed E-state index contributed by atoms with van der Waals surface area (Å²) < 4.78 is 0. The van der Waals surface area contributed by atoms with E-state index in [2.05, 4.69) is 17.6 Å². The van der Waals surface area contributed by atoms with Gasteiger partial charge in [-0.2, -0.15) is 0 Å². The minimum absolute atomic E-state index is 0.0302. The molecule has 0 spiro atoms. The number of carboxylic acids is 1. The molecule has 0 radical (unpaired) electrons. The van der Waals surface area contributed by atoms with Crippen molar-refractivity contribution >= 4 is 12.0 Å². The molecule has 20 heavy (non-hydrogen) atoms. The van der Waals surface area contributed by atoms with Crippen molar-refractivity contribution in [1.29, 1.82) is 0 Å². The average Bonchev–Trinajstić information content (AvgIpc) is 3.13. The Morgan fingerprint density at radius 3 is 2.45 bits per heavy atom. The van der Waals surface area contributed by atoms with Gasteiger partial charge in [-0.05, 0) is 29.4 Å². The summed E-state index contributed by atoms with van der Waals surface area (Å²) in [5.41, 5.74) is 1.84. The molecule has 0 heterocycles. The van der Waals surface area contributed by atoms with Crippen molar-refractivity contribution < 1.29 is 14.7 Å². The highest BCUT2D eigenvalue weighted by Crippen LogP contribution is 2.43. The van der Waals surface area contributed by atoms with Crippen LogP contribution in [0, 0.1) is 5.41 Å². The molecule has 2 rings (SSSR count). The first-order chi connectivity index (χ1) is 9.48. The van der Waals surface area contributed by atoms with E-state index < -0.39 is 5.97 Å². The third-order valence-corrected chi connectivity index (χ3v) is 3.68. The topological polar surface area (TPSA) is 78.4 Å². The SMILES string of the molecule is CC1(CNC(=O)NCc2ccccc2CC(=O)O)CC1. The Hall–Kier alpha value is -2.04. The lowest BCUT2D eigenvalue weighted by Gasteiger charge is -2.12. The fourth-order valence-corrected chi connectivity index (χ4v) is 1.99. The number of aliphatic carboxylic acids is 1. The molecule has 0 atom stereocenters. The van der Waals surface area contributed by atoms with E-state index >= 15 is 0 Å². The Balaban J connectivity index is 1.83. The summed E-state index contributed by atoms with van der Waals surface area (Å²) in [6, 6.07) is 7.04. The first kappa shape index (κ1) is 14.4. The third kappa shape index (κ3) is 4.26. The van der Waals surface area contributed by atoms with Crippen LogP contribution in [0.4, 0.5) is 4.79 Å². The largest absolute Gasteiger partial charge is 0.481 e. The Morgan fingerprint density at radius 1 is 1.20 bits per heavy atom. The van der Waals surface area contributed by atoms with Crippen LogP contribution in [0.25, 0.3) is 0 Å². The number of amides is 2. The second kappa shape index (κ2) is 5.94. The molecule has 1 aromatic rings. The number of benzene rings is 1. The summed E-state index contributed by atoms with van der Waals surface area (Å²) in [6.45, 7) is 3.18. The number of urea groups is 1. The second-order valence-electron chi connectivity index (χ2n) is 5.69. The normalized spacial score (nSPS) is 15.4. The van der Waals surface area contributed by atoms with Crippen LogP contribution >= 0.6 is 0 Å². The van der Waals surface area contributed by atoms with Crippen LogP contribution in [0.2, 0.25) is 0 Å². The van der Waals surface area contributed by atoms with Gasteiger partial charge in [0.2, 0.25) is 0 Å². The van der Waals surface area contributed by atoms with Gasteiger partial charge < -0.3 is 15.7 Å². The molecule has 1 fully saturated rings. The molecule has 2 amide bonds. The summed E-state index contributed by atoms with van der Waals surface area (Å²) >= 11 is 0. The minimum Gasteiger partial charge on any atom is -0.481 e. The van der Waals surface area contributed by atoms with E-state index in [1.807, 2.05) is 12.1 Å². The zero-order chi connectivity index (χ0) is 14.6. The summed E-state index contributed by atoms with van der Waals surface area (Å²) in [4.78, 5) is 22.5. The maximum atomic E-state index is 11.7. The molecular weight excluding hydrogens is 256 g/mol. The van der Waals surface area contributed by atoms with Gasteiger partial charge in [-0.25, -0.2) is 4.79 Å². The zero-order valence-corrected chi connectivity index (χ0v) is 11.6. The lowest BCUT2D eigenvalue weighted by molar-refractivity contribution is -0.136.